The molecule has 1 saturated carbocycles. The first-order valence-corrected chi connectivity index (χ1v) is 11.9. The molecule has 1 aliphatic heterocycles. The summed E-state index contributed by atoms with van der Waals surface area (Å²) in [6.07, 6.45) is 7.92. The average Bonchev–Trinajstić information content (AvgIpc) is 3.36. The lowest BCUT2D eigenvalue weighted by atomic mass is 9.95. The predicted molar refractivity (Wildman–Crippen MR) is 129 cm³/mol. The van der Waals surface area contributed by atoms with Gasteiger partial charge in [-0.15, -0.1) is 0 Å². The second-order valence-electron chi connectivity index (χ2n) is 8.76. The van der Waals surface area contributed by atoms with E-state index in [4.69, 9.17) is 9.47 Å². The first kappa shape index (κ1) is 23.1. The molecule has 33 heavy (non-hydrogen) atoms. The van der Waals surface area contributed by atoms with Crippen molar-refractivity contribution in [2.24, 2.45) is 0 Å². The van der Waals surface area contributed by atoms with E-state index in [1.165, 1.54) is 6.42 Å². The SMILES string of the molecule is O=C(CNc1cccc(OCC2CCCO2)c1)Nc1cccc(C(=O)NC2CCCCC2)c1. The maximum Gasteiger partial charge on any atom is 0.251 e. The van der Waals surface area contributed by atoms with Crippen LogP contribution in [-0.4, -0.2) is 43.7 Å². The first-order valence-electron chi connectivity index (χ1n) is 11.9. The highest BCUT2D eigenvalue weighted by Crippen LogP contribution is 2.20. The molecule has 2 aromatic carbocycles. The molecular formula is C26H33N3O4. The smallest absolute Gasteiger partial charge is 0.251 e. The van der Waals surface area contributed by atoms with Gasteiger partial charge >= 0.3 is 0 Å². The molecule has 7 heteroatoms. The monoisotopic (exact) mass is 451 g/mol. The largest absolute Gasteiger partial charge is 0.491 e. The second kappa shape index (κ2) is 11.7. The van der Waals surface area contributed by atoms with Gasteiger partial charge in [0.2, 0.25) is 5.91 Å². The lowest BCUT2D eigenvalue weighted by Crippen LogP contribution is -2.36. The molecule has 7 nitrogen and oxygen atoms in total. The Morgan fingerprint density at radius 3 is 2.58 bits per heavy atom. The molecule has 2 amide bonds. The van der Waals surface area contributed by atoms with Crippen molar-refractivity contribution >= 4 is 23.2 Å². The fourth-order valence-corrected chi connectivity index (χ4v) is 4.30. The van der Waals surface area contributed by atoms with Gasteiger partial charge in [-0.05, 0) is 56.0 Å². The molecule has 1 aliphatic carbocycles. The normalized spacial score (nSPS) is 18.5. The molecule has 0 bridgehead atoms. The number of nitrogens with one attached hydrogen (secondary N) is 3. The van der Waals surface area contributed by atoms with Crippen molar-refractivity contribution < 1.29 is 19.1 Å². The van der Waals surface area contributed by atoms with E-state index < -0.39 is 0 Å². The molecule has 176 valence electrons. The Bertz CT molecular complexity index is 937. The van der Waals surface area contributed by atoms with Gasteiger partial charge in [0.25, 0.3) is 5.91 Å². The number of hydrogen-bond donors (Lipinski definition) is 3. The van der Waals surface area contributed by atoms with Crippen molar-refractivity contribution in [3.05, 3.63) is 54.1 Å². The van der Waals surface area contributed by atoms with Gasteiger partial charge in [0.05, 0.1) is 12.6 Å². The summed E-state index contributed by atoms with van der Waals surface area (Å²) < 4.78 is 11.4. The zero-order valence-corrected chi connectivity index (χ0v) is 19.0. The van der Waals surface area contributed by atoms with E-state index >= 15 is 0 Å². The predicted octanol–water partition coefficient (Wildman–Crippen LogP) is 4.36. The van der Waals surface area contributed by atoms with Crippen molar-refractivity contribution in [3.8, 4) is 5.75 Å². The summed E-state index contributed by atoms with van der Waals surface area (Å²) in [4.78, 5) is 25.0. The molecule has 0 radical (unpaired) electrons. The molecule has 3 N–H and O–H groups in total. The van der Waals surface area contributed by atoms with Crippen LogP contribution in [-0.2, 0) is 9.53 Å². The van der Waals surface area contributed by atoms with Gasteiger partial charge < -0.3 is 25.4 Å². The van der Waals surface area contributed by atoms with Crippen LogP contribution in [0.15, 0.2) is 48.5 Å². The van der Waals surface area contributed by atoms with Gasteiger partial charge in [-0.1, -0.05) is 31.4 Å². The maximum absolute atomic E-state index is 12.6. The van der Waals surface area contributed by atoms with Crippen LogP contribution in [0.5, 0.6) is 5.75 Å². The lowest BCUT2D eigenvalue weighted by Gasteiger charge is -2.22. The van der Waals surface area contributed by atoms with Crippen LogP contribution in [0, 0.1) is 0 Å². The number of carbonyl (C=O) groups is 2. The molecule has 1 atom stereocenters. The number of anilines is 2. The number of rotatable bonds is 9. The molecule has 1 unspecified atom stereocenters. The van der Waals surface area contributed by atoms with Crippen LogP contribution in [0.25, 0.3) is 0 Å². The zero-order chi connectivity index (χ0) is 22.9. The number of benzene rings is 2. The fourth-order valence-electron chi connectivity index (χ4n) is 4.30. The fraction of sp³-hybridized carbons (Fsp3) is 0.462. The van der Waals surface area contributed by atoms with E-state index in [0.29, 0.717) is 17.9 Å². The summed E-state index contributed by atoms with van der Waals surface area (Å²) in [6, 6.07) is 14.9. The summed E-state index contributed by atoms with van der Waals surface area (Å²) in [5.41, 5.74) is 1.96. The number of carbonyl (C=O) groups excluding carboxylic acids is 2. The minimum atomic E-state index is -0.189. The van der Waals surface area contributed by atoms with Gasteiger partial charge in [0.1, 0.15) is 12.4 Å². The van der Waals surface area contributed by atoms with Crippen molar-refractivity contribution in [3.63, 3.8) is 0 Å². The Morgan fingerprint density at radius 2 is 1.76 bits per heavy atom. The average molecular weight is 452 g/mol. The van der Waals surface area contributed by atoms with E-state index in [1.54, 1.807) is 24.3 Å². The Balaban J connectivity index is 1.24. The lowest BCUT2D eigenvalue weighted by molar-refractivity contribution is -0.114. The molecule has 0 spiro atoms. The van der Waals surface area contributed by atoms with E-state index in [-0.39, 0.29) is 30.5 Å². The third-order valence-corrected chi connectivity index (χ3v) is 6.10. The van der Waals surface area contributed by atoms with Gasteiger partial charge in [-0.2, -0.15) is 0 Å². The molecule has 2 aliphatic rings. The molecular weight excluding hydrogens is 418 g/mol. The molecule has 4 rings (SSSR count). The van der Waals surface area contributed by atoms with Crippen molar-refractivity contribution in [2.45, 2.75) is 57.1 Å². The summed E-state index contributed by atoms with van der Waals surface area (Å²) in [7, 11) is 0. The Morgan fingerprint density at radius 1 is 0.939 bits per heavy atom. The van der Waals surface area contributed by atoms with Crippen LogP contribution in [0.2, 0.25) is 0 Å². The van der Waals surface area contributed by atoms with Crippen LogP contribution in [0.1, 0.15) is 55.3 Å². The topological polar surface area (TPSA) is 88.7 Å². The second-order valence-corrected chi connectivity index (χ2v) is 8.76. The molecule has 2 aromatic rings. The molecule has 1 saturated heterocycles. The summed E-state index contributed by atoms with van der Waals surface area (Å²) in [6.45, 7) is 1.45. The van der Waals surface area contributed by atoms with E-state index in [0.717, 1.165) is 56.6 Å². The zero-order valence-electron chi connectivity index (χ0n) is 19.0. The van der Waals surface area contributed by atoms with Gasteiger partial charge in [0, 0.05) is 35.7 Å². The minimum Gasteiger partial charge on any atom is -0.491 e. The van der Waals surface area contributed by atoms with Crippen molar-refractivity contribution in [2.75, 3.05) is 30.4 Å². The van der Waals surface area contributed by atoms with E-state index in [1.807, 2.05) is 24.3 Å². The first-order chi connectivity index (χ1) is 16.2. The van der Waals surface area contributed by atoms with E-state index in [9.17, 15) is 9.59 Å². The Hall–Kier alpha value is -3.06. The van der Waals surface area contributed by atoms with Crippen LogP contribution in [0.4, 0.5) is 11.4 Å². The quantitative estimate of drug-likeness (QED) is 0.527. The third-order valence-electron chi connectivity index (χ3n) is 6.10. The van der Waals surface area contributed by atoms with Crippen LogP contribution >= 0.6 is 0 Å². The standard InChI is InChI=1S/C26H33N3O4/c30-25(17-27-21-10-5-12-23(16-21)33-18-24-13-6-14-32-24)28-22-11-4-7-19(15-22)26(31)29-20-8-2-1-3-9-20/h4-5,7,10-12,15-16,20,24,27H,1-3,6,8-9,13-14,17-18H2,(H,28,30)(H,29,31). The van der Waals surface area contributed by atoms with Crippen LogP contribution in [0.3, 0.4) is 0 Å². The summed E-state index contributed by atoms with van der Waals surface area (Å²) in [5, 5.41) is 9.09. The van der Waals surface area contributed by atoms with Gasteiger partial charge in [0.15, 0.2) is 0 Å². The van der Waals surface area contributed by atoms with Crippen molar-refractivity contribution in [1.82, 2.24) is 5.32 Å². The van der Waals surface area contributed by atoms with Crippen LogP contribution < -0.4 is 20.7 Å². The Labute approximate surface area is 195 Å². The van der Waals surface area contributed by atoms with Gasteiger partial charge in [-0.3, -0.25) is 9.59 Å². The third kappa shape index (κ3) is 7.22. The highest BCUT2D eigenvalue weighted by atomic mass is 16.5. The number of hydrogen-bond acceptors (Lipinski definition) is 5. The van der Waals surface area contributed by atoms with Gasteiger partial charge in [-0.25, -0.2) is 0 Å². The highest BCUT2D eigenvalue weighted by molar-refractivity contribution is 5.98. The maximum atomic E-state index is 12.6. The Kier molecular flexibility index (Phi) is 8.19. The minimum absolute atomic E-state index is 0.0871. The molecule has 1 heterocycles. The number of ether oxygens (including phenoxy) is 2. The van der Waals surface area contributed by atoms with E-state index in [2.05, 4.69) is 16.0 Å². The van der Waals surface area contributed by atoms with Crippen molar-refractivity contribution in [1.29, 1.82) is 0 Å². The number of amides is 2. The molecule has 0 aromatic heterocycles. The summed E-state index contributed by atoms with van der Waals surface area (Å²) in [5.74, 6) is 0.467. The highest BCUT2D eigenvalue weighted by Gasteiger charge is 2.17. The summed E-state index contributed by atoms with van der Waals surface area (Å²) >= 11 is 0. The molecule has 2 fully saturated rings.